The van der Waals surface area contributed by atoms with Gasteiger partial charge in [0.15, 0.2) is 0 Å². The number of hydrogen-bond donors (Lipinski definition) is 4. The van der Waals surface area contributed by atoms with E-state index in [9.17, 15) is 19.4 Å². The molecule has 7 nitrogen and oxygen atoms in total. The summed E-state index contributed by atoms with van der Waals surface area (Å²) >= 11 is 0. The fraction of sp³-hybridized carbons (Fsp3) is 0. The molecule has 0 atom stereocenters. The summed E-state index contributed by atoms with van der Waals surface area (Å²) in [6, 6.07) is 11.2. The van der Waals surface area contributed by atoms with Gasteiger partial charge in [-0.2, -0.15) is 10.2 Å². The van der Waals surface area contributed by atoms with Crippen LogP contribution in [0.25, 0.3) is 11.3 Å². The lowest BCUT2D eigenvalue weighted by atomic mass is 10.1. The minimum absolute atomic E-state index is 0.0792. The minimum atomic E-state index is -0.532. The van der Waals surface area contributed by atoms with E-state index in [1.54, 1.807) is 12.1 Å². The van der Waals surface area contributed by atoms with E-state index in [0.29, 0.717) is 16.8 Å². The molecule has 0 aliphatic carbocycles. The summed E-state index contributed by atoms with van der Waals surface area (Å²) in [4.78, 5) is 12.0. The van der Waals surface area contributed by atoms with Crippen molar-refractivity contribution in [3.63, 3.8) is 0 Å². The van der Waals surface area contributed by atoms with Gasteiger partial charge in [-0.25, -0.2) is 9.82 Å². The van der Waals surface area contributed by atoms with E-state index in [2.05, 4.69) is 20.7 Å². The second-order valence-corrected chi connectivity index (χ2v) is 5.12. The van der Waals surface area contributed by atoms with Gasteiger partial charge in [0, 0.05) is 17.2 Å². The predicted octanol–water partition coefficient (Wildman–Crippen LogP) is 2.39. The monoisotopic (exact) mass is 340 g/mol. The molecule has 1 aromatic heterocycles. The molecule has 3 rings (SSSR count). The van der Waals surface area contributed by atoms with Gasteiger partial charge in [0.05, 0.1) is 11.9 Å². The van der Waals surface area contributed by atoms with Gasteiger partial charge in [-0.05, 0) is 42.5 Å². The van der Waals surface area contributed by atoms with Crippen molar-refractivity contribution in [3.05, 3.63) is 65.6 Å². The standard InChI is InChI=1S/C17H13FN4O3/c18-12-4-1-10(2-5-12)14-8-15(21-20-14)17(25)22-19-9-11-3-6-13(23)7-16(11)24/h1-9,23-24H,(H,20,21)(H,22,25)/b19-9+. The van der Waals surface area contributed by atoms with E-state index in [4.69, 9.17) is 0 Å². The minimum Gasteiger partial charge on any atom is -0.508 e. The smallest absolute Gasteiger partial charge is 0.289 e. The van der Waals surface area contributed by atoms with Crippen LogP contribution < -0.4 is 5.43 Å². The van der Waals surface area contributed by atoms with Gasteiger partial charge in [0.25, 0.3) is 5.91 Å². The van der Waals surface area contributed by atoms with Crippen LogP contribution in [0.2, 0.25) is 0 Å². The van der Waals surface area contributed by atoms with E-state index in [1.165, 1.54) is 36.5 Å². The highest BCUT2D eigenvalue weighted by Crippen LogP contribution is 2.21. The average Bonchev–Trinajstić information content (AvgIpc) is 3.07. The van der Waals surface area contributed by atoms with Crippen LogP contribution in [0, 0.1) is 5.82 Å². The Bertz CT molecular complexity index is 935. The summed E-state index contributed by atoms with van der Waals surface area (Å²) in [5, 5.41) is 29.1. The maximum atomic E-state index is 12.9. The Morgan fingerprint density at radius 1 is 1.16 bits per heavy atom. The van der Waals surface area contributed by atoms with Crippen LogP contribution in [0.3, 0.4) is 0 Å². The molecule has 0 aliphatic rings. The molecule has 2 aromatic carbocycles. The summed E-state index contributed by atoms with van der Waals surface area (Å²) in [5.74, 6) is -1.14. The van der Waals surface area contributed by atoms with Crippen LogP contribution in [0.15, 0.2) is 53.6 Å². The first-order chi connectivity index (χ1) is 12.0. The molecule has 0 fully saturated rings. The number of nitrogens with zero attached hydrogens (tertiary/aromatic N) is 2. The molecular formula is C17H13FN4O3. The Morgan fingerprint density at radius 2 is 1.92 bits per heavy atom. The fourth-order valence-electron chi connectivity index (χ4n) is 2.07. The van der Waals surface area contributed by atoms with Crippen molar-refractivity contribution in [1.82, 2.24) is 15.6 Å². The SMILES string of the molecule is O=C(N/N=C/c1ccc(O)cc1O)c1cc(-c2ccc(F)cc2)n[nH]1. The van der Waals surface area contributed by atoms with Gasteiger partial charge >= 0.3 is 0 Å². The number of amides is 1. The molecule has 0 saturated carbocycles. The number of rotatable bonds is 4. The highest BCUT2D eigenvalue weighted by Gasteiger charge is 2.10. The number of halogens is 1. The first kappa shape index (κ1) is 16.2. The third kappa shape index (κ3) is 3.81. The van der Waals surface area contributed by atoms with Crippen LogP contribution in [0.1, 0.15) is 16.1 Å². The van der Waals surface area contributed by atoms with E-state index >= 15 is 0 Å². The van der Waals surface area contributed by atoms with Crippen LogP contribution >= 0.6 is 0 Å². The van der Waals surface area contributed by atoms with Gasteiger partial charge in [0.2, 0.25) is 0 Å². The van der Waals surface area contributed by atoms with Gasteiger partial charge in [-0.15, -0.1) is 0 Å². The zero-order valence-corrected chi connectivity index (χ0v) is 12.8. The highest BCUT2D eigenvalue weighted by molar-refractivity contribution is 5.94. The Labute approximate surface area is 141 Å². The van der Waals surface area contributed by atoms with E-state index < -0.39 is 5.91 Å². The number of H-pyrrole nitrogens is 1. The number of hydrogen-bond acceptors (Lipinski definition) is 5. The normalized spacial score (nSPS) is 10.9. The van der Waals surface area contributed by atoms with Gasteiger partial charge in [-0.1, -0.05) is 0 Å². The van der Waals surface area contributed by atoms with E-state index in [1.807, 2.05) is 0 Å². The number of carbonyl (C=O) groups is 1. The molecule has 0 radical (unpaired) electrons. The number of benzene rings is 2. The quantitative estimate of drug-likeness (QED) is 0.432. The summed E-state index contributed by atoms with van der Waals surface area (Å²) in [7, 11) is 0. The first-order valence-corrected chi connectivity index (χ1v) is 7.19. The molecular weight excluding hydrogens is 327 g/mol. The van der Waals surface area contributed by atoms with Crippen LogP contribution in [-0.4, -0.2) is 32.5 Å². The van der Waals surface area contributed by atoms with Crippen molar-refractivity contribution in [2.75, 3.05) is 0 Å². The Kier molecular flexibility index (Phi) is 4.42. The maximum Gasteiger partial charge on any atom is 0.289 e. The van der Waals surface area contributed by atoms with Crippen molar-refractivity contribution >= 4 is 12.1 Å². The summed E-state index contributed by atoms with van der Waals surface area (Å²) in [6.45, 7) is 0. The highest BCUT2D eigenvalue weighted by atomic mass is 19.1. The number of carbonyl (C=O) groups excluding carboxylic acids is 1. The van der Waals surface area contributed by atoms with Crippen molar-refractivity contribution < 1.29 is 19.4 Å². The Hall–Kier alpha value is -3.68. The fourth-order valence-corrected chi connectivity index (χ4v) is 2.07. The summed E-state index contributed by atoms with van der Waals surface area (Å²) in [5.41, 5.74) is 3.94. The molecule has 0 bridgehead atoms. The number of aromatic nitrogens is 2. The number of aromatic amines is 1. The lowest BCUT2D eigenvalue weighted by Gasteiger charge is -1.99. The maximum absolute atomic E-state index is 12.9. The van der Waals surface area contributed by atoms with Crippen LogP contribution in [0.4, 0.5) is 4.39 Å². The molecule has 126 valence electrons. The van der Waals surface area contributed by atoms with Gasteiger partial charge in [0.1, 0.15) is 23.0 Å². The predicted molar refractivity (Wildman–Crippen MR) is 88.8 cm³/mol. The van der Waals surface area contributed by atoms with Crippen LogP contribution in [-0.2, 0) is 0 Å². The molecule has 25 heavy (non-hydrogen) atoms. The molecule has 8 heteroatoms. The average molecular weight is 340 g/mol. The molecule has 4 N–H and O–H groups in total. The van der Waals surface area contributed by atoms with Crippen molar-refractivity contribution in [1.29, 1.82) is 0 Å². The van der Waals surface area contributed by atoms with Gasteiger partial charge in [-0.3, -0.25) is 9.89 Å². The van der Waals surface area contributed by atoms with Crippen molar-refractivity contribution in [3.8, 4) is 22.8 Å². The molecule has 0 unspecified atom stereocenters. The topological polar surface area (TPSA) is 111 Å². The molecule has 1 amide bonds. The first-order valence-electron chi connectivity index (χ1n) is 7.19. The zero-order valence-electron chi connectivity index (χ0n) is 12.8. The van der Waals surface area contributed by atoms with E-state index in [0.717, 1.165) is 6.07 Å². The lowest BCUT2D eigenvalue weighted by molar-refractivity contribution is 0.0950. The zero-order chi connectivity index (χ0) is 17.8. The van der Waals surface area contributed by atoms with Crippen LogP contribution in [0.5, 0.6) is 11.5 Å². The number of aromatic hydroxyl groups is 2. The van der Waals surface area contributed by atoms with E-state index in [-0.39, 0.29) is 23.0 Å². The number of phenolic OH excluding ortho intramolecular Hbond substituents is 2. The lowest BCUT2D eigenvalue weighted by Crippen LogP contribution is -2.18. The van der Waals surface area contributed by atoms with Crippen molar-refractivity contribution in [2.24, 2.45) is 5.10 Å². The summed E-state index contributed by atoms with van der Waals surface area (Å²) < 4.78 is 12.9. The second-order valence-electron chi connectivity index (χ2n) is 5.12. The Morgan fingerprint density at radius 3 is 2.64 bits per heavy atom. The number of nitrogens with one attached hydrogen (secondary N) is 2. The number of hydrazone groups is 1. The molecule has 0 aliphatic heterocycles. The van der Waals surface area contributed by atoms with Crippen molar-refractivity contribution in [2.45, 2.75) is 0 Å². The third-order valence-corrected chi connectivity index (χ3v) is 3.35. The van der Waals surface area contributed by atoms with Gasteiger partial charge < -0.3 is 10.2 Å². The second kappa shape index (κ2) is 6.83. The third-order valence-electron chi connectivity index (χ3n) is 3.35. The molecule has 1 heterocycles. The number of phenols is 2. The molecule has 0 saturated heterocycles. The molecule has 0 spiro atoms. The Balaban J connectivity index is 1.67. The molecule has 3 aromatic rings. The summed E-state index contributed by atoms with van der Waals surface area (Å²) in [6.07, 6.45) is 1.24. The largest absolute Gasteiger partial charge is 0.508 e.